The number of carbonyl (C=O) groups excluding carboxylic acids is 1. The largest absolute Gasteiger partial charge is 0.486 e. The van der Waals surface area contributed by atoms with Gasteiger partial charge in [0, 0.05) is 12.1 Å². The maximum atomic E-state index is 12.2. The lowest BCUT2D eigenvalue weighted by molar-refractivity contribution is -0.384. The van der Waals surface area contributed by atoms with E-state index >= 15 is 0 Å². The third-order valence-corrected chi connectivity index (χ3v) is 4.48. The van der Waals surface area contributed by atoms with Gasteiger partial charge in [-0.2, -0.15) is 0 Å². The molecule has 0 radical (unpaired) electrons. The van der Waals surface area contributed by atoms with Gasteiger partial charge in [-0.25, -0.2) is 0 Å². The van der Waals surface area contributed by atoms with Crippen LogP contribution in [0.5, 0.6) is 17.2 Å². The molecule has 8 nitrogen and oxygen atoms in total. The first-order chi connectivity index (χ1) is 12.8. The fourth-order valence-corrected chi connectivity index (χ4v) is 2.87. The number of amides is 1. The molecule has 0 bridgehead atoms. The summed E-state index contributed by atoms with van der Waals surface area (Å²) in [6, 6.07) is 5.27. The second-order valence-corrected chi connectivity index (χ2v) is 6.53. The quantitative estimate of drug-likeness (QED) is 0.428. The third-order valence-electron chi connectivity index (χ3n) is 3.46. The van der Waals surface area contributed by atoms with Crippen LogP contribution < -0.4 is 19.5 Å². The number of halogens is 3. The smallest absolute Gasteiger partial charge is 0.296 e. The number of ether oxygens (including phenoxy) is 3. The number of fused-ring (bicyclic) bond motifs is 1. The Morgan fingerprint density at radius 2 is 1.70 bits per heavy atom. The van der Waals surface area contributed by atoms with Crippen molar-refractivity contribution in [3.63, 3.8) is 0 Å². The Morgan fingerprint density at radius 3 is 2.37 bits per heavy atom. The van der Waals surface area contributed by atoms with Crippen molar-refractivity contribution < 1.29 is 23.9 Å². The molecule has 1 aliphatic rings. The van der Waals surface area contributed by atoms with Crippen molar-refractivity contribution in [2.75, 3.05) is 25.1 Å². The minimum atomic E-state index is -0.642. The van der Waals surface area contributed by atoms with E-state index in [9.17, 15) is 14.9 Å². The Hall–Kier alpha value is -2.42. The fraction of sp³-hybridized carbons (Fsp3) is 0.188. The molecule has 2 aromatic rings. The van der Waals surface area contributed by atoms with E-state index in [2.05, 4.69) is 5.32 Å². The standard InChI is InChI=1S/C16H11Cl3N2O6/c17-8-3-10(19)13(4-9(8)18)27-7-16(22)20-11-5-14-15(26-2-1-25-14)6-12(11)21(23)24/h3-6H,1-2,7H2,(H,20,22). The summed E-state index contributed by atoms with van der Waals surface area (Å²) in [4.78, 5) is 22.8. The fourth-order valence-electron chi connectivity index (χ4n) is 2.27. The number of nitro benzene ring substituents is 1. The van der Waals surface area contributed by atoms with Gasteiger partial charge in [0.2, 0.25) is 0 Å². The molecule has 1 N–H and O–H groups in total. The van der Waals surface area contributed by atoms with E-state index in [1.54, 1.807) is 0 Å². The zero-order chi connectivity index (χ0) is 19.6. The van der Waals surface area contributed by atoms with E-state index in [-0.39, 0.29) is 44.5 Å². The Morgan fingerprint density at radius 1 is 1.07 bits per heavy atom. The molecule has 27 heavy (non-hydrogen) atoms. The molecule has 0 unspecified atom stereocenters. The molecular formula is C16H11Cl3N2O6. The molecule has 0 aliphatic carbocycles. The van der Waals surface area contributed by atoms with Crippen LogP contribution in [-0.2, 0) is 4.79 Å². The van der Waals surface area contributed by atoms with Crippen LogP contribution in [0.25, 0.3) is 0 Å². The molecule has 1 heterocycles. The zero-order valence-electron chi connectivity index (χ0n) is 13.5. The molecule has 11 heteroatoms. The minimum absolute atomic E-state index is 0.0434. The predicted molar refractivity (Wildman–Crippen MR) is 99.7 cm³/mol. The molecule has 3 rings (SSSR count). The van der Waals surface area contributed by atoms with Gasteiger partial charge in [0.05, 0.1) is 26.1 Å². The molecule has 0 spiro atoms. The summed E-state index contributed by atoms with van der Waals surface area (Å²) in [7, 11) is 0. The van der Waals surface area contributed by atoms with Gasteiger partial charge >= 0.3 is 0 Å². The predicted octanol–water partition coefficient (Wildman–Crippen LogP) is 4.34. The summed E-state index contributed by atoms with van der Waals surface area (Å²) in [6.45, 7) is 0.133. The van der Waals surface area contributed by atoms with Gasteiger partial charge in [0.1, 0.15) is 24.7 Å². The van der Waals surface area contributed by atoms with Crippen LogP contribution in [0, 0.1) is 10.1 Å². The van der Waals surface area contributed by atoms with Crippen LogP contribution in [0.2, 0.25) is 15.1 Å². The Bertz CT molecular complexity index is 922. The zero-order valence-corrected chi connectivity index (χ0v) is 15.7. The SMILES string of the molecule is O=C(COc1cc(Cl)c(Cl)cc1Cl)Nc1cc2c(cc1[N+](=O)[O-])OCCO2. The highest BCUT2D eigenvalue weighted by Gasteiger charge is 2.23. The monoisotopic (exact) mass is 432 g/mol. The topological polar surface area (TPSA) is 99.9 Å². The van der Waals surface area contributed by atoms with Gasteiger partial charge < -0.3 is 19.5 Å². The van der Waals surface area contributed by atoms with Crippen LogP contribution in [0.4, 0.5) is 11.4 Å². The number of carbonyl (C=O) groups is 1. The first-order valence-corrected chi connectivity index (χ1v) is 8.64. The molecule has 0 fully saturated rings. The number of benzene rings is 2. The number of nitro groups is 1. The van der Waals surface area contributed by atoms with Crippen LogP contribution in [0.3, 0.4) is 0 Å². The first-order valence-electron chi connectivity index (χ1n) is 7.50. The molecule has 142 valence electrons. The van der Waals surface area contributed by atoms with Gasteiger partial charge in [-0.3, -0.25) is 14.9 Å². The van der Waals surface area contributed by atoms with Crippen molar-refractivity contribution in [3.05, 3.63) is 49.4 Å². The Kier molecular flexibility index (Phi) is 5.79. The third kappa shape index (κ3) is 4.47. The van der Waals surface area contributed by atoms with Gasteiger partial charge in [0.15, 0.2) is 18.1 Å². The number of anilines is 1. The lowest BCUT2D eigenvalue weighted by Gasteiger charge is -2.19. The van der Waals surface area contributed by atoms with Gasteiger partial charge in [-0.05, 0) is 6.07 Å². The Labute approximate surface area is 168 Å². The highest BCUT2D eigenvalue weighted by molar-refractivity contribution is 6.43. The summed E-state index contributed by atoms with van der Waals surface area (Å²) < 4.78 is 16.0. The van der Waals surface area contributed by atoms with Crippen LogP contribution in [-0.4, -0.2) is 30.7 Å². The van der Waals surface area contributed by atoms with E-state index in [0.717, 1.165) is 0 Å². The maximum absolute atomic E-state index is 12.2. The van der Waals surface area contributed by atoms with Crippen molar-refractivity contribution in [1.29, 1.82) is 0 Å². The van der Waals surface area contributed by atoms with Crippen molar-refractivity contribution >= 4 is 52.1 Å². The van der Waals surface area contributed by atoms with E-state index in [1.165, 1.54) is 24.3 Å². The number of nitrogens with one attached hydrogen (secondary N) is 1. The lowest BCUT2D eigenvalue weighted by atomic mass is 10.2. The van der Waals surface area contributed by atoms with Crippen LogP contribution in [0.15, 0.2) is 24.3 Å². The number of hydrogen-bond acceptors (Lipinski definition) is 6. The second-order valence-electron chi connectivity index (χ2n) is 5.30. The first kappa shape index (κ1) is 19.3. The van der Waals surface area contributed by atoms with E-state index < -0.39 is 17.4 Å². The van der Waals surface area contributed by atoms with Gasteiger partial charge in [-0.15, -0.1) is 0 Å². The van der Waals surface area contributed by atoms with Crippen molar-refractivity contribution in [2.45, 2.75) is 0 Å². The Balaban J connectivity index is 1.74. The summed E-state index contributed by atoms with van der Waals surface area (Å²) in [5.74, 6) is 0.0511. The lowest BCUT2D eigenvalue weighted by Crippen LogP contribution is -2.21. The van der Waals surface area contributed by atoms with E-state index in [4.69, 9.17) is 49.0 Å². The molecule has 0 atom stereocenters. The van der Waals surface area contributed by atoms with Crippen molar-refractivity contribution in [2.24, 2.45) is 0 Å². The number of hydrogen-bond donors (Lipinski definition) is 1. The van der Waals surface area contributed by atoms with Gasteiger partial charge in [0.25, 0.3) is 11.6 Å². The summed E-state index contributed by atoms with van der Waals surface area (Å²) in [5.41, 5.74) is -0.377. The molecule has 0 saturated carbocycles. The maximum Gasteiger partial charge on any atom is 0.296 e. The van der Waals surface area contributed by atoms with Crippen LogP contribution in [0.1, 0.15) is 0 Å². The normalized spacial score (nSPS) is 12.4. The second kappa shape index (κ2) is 8.08. The van der Waals surface area contributed by atoms with Gasteiger partial charge in [-0.1, -0.05) is 34.8 Å². The molecule has 2 aromatic carbocycles. The molecule has 1 amide bonds. The minimum Gasteiger partial charge on any atom is -0.486 e. The average molecular weight is 434 g/mol. The summed E-state index contributed by atoms with van der Waals surface area (Å²) in [6.07, 6.45) is 0. The van der Waals surface area contributed by atoms with Crippen molar-refractivity contribution in [3.8, 4) is 17.2 Å². The number of nitrogens with zero attached hydrogens (tertiary/aromatic N) is 1. The number of rotatable bonds is 5. The molecule has 0 saturated heterocycles. The van der Waals surface area contributed by atoms with E-state index in [0.29, 0.717) is 12.4 Å². The highest BCUT2D eigenvalue weighted by atomic mass is 35.5. The van der Waals surface area contributed by atoms with Crippen LogP contribution >= 0.6 is 34.8 Å². The van der Waals surface area contributed by atoms with Crippen molar-refractivity contribution in [1.82, 2.24) is 0 Å². The highest BCUT2D eigenvalue weighted by Crippen LogP contribution is 2.39. The molecule has 0 aromatic heterocycles. The summed E-state index contributed by atoms with van der Waals surface area (Å²) in [5, 5.41) is 14.3. The summed E-state index contributed by atoms with van der Waals surface area (Å²) >= 11 is 17.7. The molecule has 1 aliphatic heterocycles. The van der Waals surface area contributed by atoms with E-state index in [1.807, 2.05) is 0 Å². The molecular weight excluding hydrogens is 423 g/mol. The average Bonchev–Trinajstić information content (AvgIpc) is 2.63.